The molecule has 0 N–H and O–H groups in total. The number of rotatable bonds is 11. The number of carbonyl (C=O) groups excluding carboxylic acids is 2. The number of carbonyl (C=O) groups is 2. The van der Waals surface area contributed by atoms with Crippen molar-refractivity contribution in [1.82, 2.24) is 0 Å². The molecule has 0 atom stereocenters. The van der Waals surface area contributed by atoms with Gasteiger partial charge in [-0.15, -0.1) is 0 Å². The molecule has 0 aliphatic carbocycles. The van der Waals surface area contributed by atoms with Crippen molar-refractivity contribution < 1.29 is 28.5 Å². The highest BCUT2D eigenvalue weighted by Gasteiger charge is 2.15. The maximum absolute atomic E-state index is 12.9. The highest BCUT2D eigenvalue weighted by molar-refractivity contribution is 6.09. The minimum absolute atomic E-state index is 0.163. The number of benzene rings is 2. The van der Waals surface area contributed by atoms with Crippen LogP contribution in [0.1, 0.15) is 43.6 Å². The van der Waals surface area contributed by atoms with E-state index in [-0.39, 0.29) is 12.4 Å². The summed E-state index contributed by atoms with van der Waals surface area (Å²) in [6, 6.07) is 12.0. The summed E-state index contributed by atoms with van der Waals surface area (Å²) in [6.45, 7) is 9.04. The Kier molecular flexibility index (Phi) is 8.71. The zero-order valence-corrected chi connectivity index (χ0v) is 18.3. The normalized spacial score (nSPS) is 10.8. The fraction of sp³-hybridized carbons (Fsp3) is 0.417. The molecule has 2 aromatic carbocycles. The van der Waals surface area contributed by atoms with E-state index >= 15 is 0 Å². The molecular formula is C24H30O6. The minimum atomic E-state index is -0.515. The maximum Gasteiger partial charge on any atom is 0.343 e. The molecule has 0 bridgehead atoms. The molecular weight excluding hydrogens is 384 g/mol. The van der Waals surface area contributed by atoms with Gasteiger partial charge in [-0.2, -0.15) is 0 Å². The van der Waals surface area contributed by atoms with Crippen LogP contribution in [0.5, 0.6) is 17.2 Å². The molecule has 0 amide bonds. The lowest BCUT2D eigenvalue weighted by Crippen LogP contribution is -2.14. The Balaban J connectivity index is 2.20. The third-order valence-electron chi connectivity index (χ3n) is 4.05. The van der Waals surface area contributed by atoms with Gasteiger partial charge in [-0.25, -0.2) is 4.79 Å². The maximum atomic E-state index is 12.9. The van der Waals surface area contributed by atoms with Gasteiger partial charge < -0.3 is 18.9 Å². The van der Waals surface area contributed by atoms with Crippen LogP contribution in [0.15, 0.2) is 42.5 Å². The topological polar surface area (TPSA) is 71.1 Å². The van der Waals surface area contributed by atoms with Gasteiger partial charge in [0.2, 0.25) is 0 Å². The Morgan fingerprint density at radius 3 is 1.97 bits per heavy atom. The second-order valence-electron chi connectivity index (χ2n) is 7.79. The van der Waals surface area contributed by atoms with E-state index < -0.39 is 5.97 Å². The van der Waals surface area contributed by atoms with Gasteiger partial charge in [0, 0.05) is 11.1 Å². The smallest absolute Gasteiger partial charge is 0.343 e. The SMILES string of the molecule is COC(=O)COc1cc(C(=O)c2ccc(OCC(C)C)cc2)ccc1OCC(C)C. The molecule has 0 heterocycles. The largest absolute Gasteiger partial charge is 0.493 e. The summed E-state index contributed by atoms with van der Waals surface area (Å²) in [4.78, 5) is 24.4. The van der Waals surface area contributed by atoms with Crippen molar-refractivity contribution in [2.75, 3.05) is 26.9 Å². The average molecular weight is 414 g/mol. The predicted molar refractivity (Wildman–Crippen MR) is 114 cm³/mol. The molecule has 0 fully saturated rings. The lowest BCUT2D eigenvalue weighted by Gasteiger charge is -2.15. The van der Waals surface area contributed by atoms with Gasteiger partial charge in [0.1, 0.15) is 5.75 Å². The van der Waals surface area contributed by atoms with E-state index in [4.69, 9.17) is 14.2 Å². The van der Waals surface area contributed by atoms with Crippen molar-refractivity contribution in [3.63, 3.8) is 0 Å². The van der Waals surface area contributed by atoms with Gasteiger partial charge >= 0.3 is 5.97 Å². The van der Waals surface area contributed by atoms with Crippen LogP contribution in [0.3, 0.4) is 0 Å². The van der Waals surface area contributed by atoms with E-state index in [0.29, 0.717) is 47.7 Å². The van der Waals surface area contributed by atoms with E-state index in [1.807, 2.05) is 13.8 Å². The minimum Gasteiger partial charge on any atom is -0.493 e. The molecule has 6 heteroatoms. The summed E-state index contributed by atoms with van der Waals surface area (Å²) < 4.78 is 21.6. The third-order valence-corrected chi connectivity index (χ3v) is 4.05. The lowest BCUT2D eigenvalue weighted by atomic mass is 10.0. The van der Waals surface area contributed by atoms with E-state index in [1.165, 1.54) is 7.11 Å². The number of methoxy groups -OCH3 is 1. The first-order chi connectivity index (χ1) is 14.3. The van der Waals surface area contributed by atoms with Crippen molar-refractivity contribution in [2.24, 2.45) is 11.8 Å². The van der Waals surface area contributed by atoms with Gasteiger partial charge in [0.25, 0.3) is 0 Å². The molecule has 0 spiro atoms. The van der Waals surface area contributed by atoms with Crippen molar-refractivity contribution in [1.29, 1.82) is 0 Å². The van der Waals surface area contributed by atoms with Crippen LogP contribution in [-0.2, 0) is 9.53 Å². The third kappa shape index (κ3) is 7.10. The van der Waals surface area contributed by atoms with Gasteiger partial charge in [-0.05, 0) is 54.3 Å². The molecule has 0 aliphatic rings. The van der Waals surface area contributed by atoms with Crippen molar-refractivity contribution >= 4 is 11.8 Å². The molecule has 2 rings (SSSR count). The quantitative estimate of drug-likeness (QED) is 0.397. The second kappa shape index (κ2) is 11.2. The van der Waals surface area contributed by atoms with Gasteiger partial charge in [-0.1, -0.05) is 27.7 Å². The molecule has 6 nitrogen and oxygen atoms in total. The second-order valence-corrected chi connectivity index (χ2v) is 7.79. The summed E-state index contributed by atoms with van der Waals surface area (Å²) in [5.74, 6) is 1.58. The summed E-state index contributed by atoms with van der Waals surface area (Å²) in [7, 11) is 1.29. The Labute approximate surface area is 178 Å². The first-order valence-corrected chi connectivity index (χ1v) is 10.0. The van der Waals surface area contributed by atoms with Crippen molar-refractivity contribution in [3.05, 3.63) is 53.6 Å². The summed E-state index contributed by atoms with van der Waals surface area (Å²) in [5.41, 5.74) is 0.962. The Morgan fingerprint density at radius 1 is 0.767 bits per heavy atom. The molecule has 2 aromatic rings. The van der Waals surface area contributed by atoms with Gasteiger partial charge in [0.15, 0.2) is 23.9 Å². The first kappa shape index (κ1) is 23.3. The number of esters is 1. The van der Waals surface area contributed by atoms with Crippen LogP contribution < -0.4 is 14.2 Å². The van der Waals surface area contributed by atoms with Crippen LogP contribution >= 0.6 is 0 Å². The van der Waals surface area contributed by atoms with Crippen LogP contribution in [-0.4, -0.2) is 38.7 Å². The summed E-state index contributed by atoms with van der Waals surface area (Å²) in [5, 5.41) is 0. The highest BCUT2D eigenvalue weighted by atomic mass is 16.6. The van der Waals surface area contributed by atoms with Crippen LogP contribution in [0.25, 0.3) is 0 Å². The van der Waals surface area contributed by atoms with E-state index in [2.05, 4.69) is 18.6 Å². The lowest BCUT2D eigenvalue weighted by molar-refractivity contribution is -0.142. The molecule has 0 radical (unpaired) electrons. The van der Waals surface area contributed by atoms with Gasteiger partial charge in [0.05, 0.1) is 20.3 Å². The predicted octanol–water partition coefficient (Wildman–Crippen LogP) is 4.54. The Hall–Kier alpha value is -3.02. The number of hydrogen-bond donors (Lipinski definition) is 0. The number of ketones is 1. The van der Waals surface area contributed by atoms with Gasteiger partial charge in [-0.3, -0.25) is 4.79 Å². The fourth-order valence-corrected chi connectivity index (χ4v) is 2.47. The highest BCUT2D eigenvalue weighted by Crippen LogP contribution is 2.30. The molecule has 162 valence electrons. The molecule has 30 heavy (non-hydrogen) atoms. The van der Waals surface area contributed by atoms with E-state index in [9.17, 15) is 9.59 Å². The van der Waals surface area contributed by atoms with E-state index in [1.54, 1.807) is 42.5 Å². The van der Waals surface area contributed by atoms with Crippen LogP contribution in [0.4, 0.5) is 0 Å². The van der Waals surface area contributed by atoms with E-state index in [0.717, 1.165) is 5.75 Å². The van der Waals surface area contributed by atoms with Crippen molar-refractivity contribution in [2.45, 2.75) is 27.7 Å². The Bertz CT molecular complexity index is 839. The van der Waals surface area contributed by atoms with Crippen LogP contribution in [0.2, 0.25) is 0 Å². The Morgan fingerprint density at radius 2 is 1.37 bits per heavy atom. The zero-order valence-electron chi connectivity index (χ0n) is 18.3. The monoisotopic (exact) mass is 414 g/mol. The standard InChI is InChI=1S/C24H30O6/c1-16(2)13-28-20-9-6-18(7-10-20)24(26)19-8-11-21(29-14-17(3)4)22(12-19)30-15-23(25)27-5/h6-12,16-17H,13-15H2,1-5H3. The number of ether oxygens (including phenoxy) is 4. The molecule has 0 saturated heterocycles. The average Bonchev–Trinajstić information content (AvgIpc) is 2.74. The van der Waals surface area contributed by atoms with Crippen molar-refractivity contribution in [3.8, 4) is 17.2 Å². The molecule has 0 unspecified atom stereocenters. The fourth-order valence-electron chi connectivity index (χ4n) is 2.47. The molecule has 0 aliphatic heterocycles. The van der Waals surface area contributed by atoms with Crippen LogP contribution in [0, 0.1) is 11.8 Å². The molecule has 0 aromatic heterocycles. The summed E-state index contributed by atoms with van der Waals surface area (Å²) >= 11 is 0. The summed E-state index contributed by atoms with van der Waals surface area (Å²) in [6.07, 6.45) is 0. The molecule has 0 saturated carbocycles. The zero-order chi connectivity index (χ0) is 22.1. The first-order valence-electron chi connectivity index (χ1n) is 10.0. The number of hydrogen-bond acceptors (Lipinski definition) is 6.